The fourth-order valence-corrected chi connectivity index (χ4v) is 2.88. The number of carbonyl (C=O) groups is 2. The number of Topliss-reactive ketones (excluding diaryl/α,β-unsaturated/α-hetero) is 1. The third-order valence-corrected chi connectivity index (χ3v) is 4.24. The van der Waals surface area contributed by atoms with E-state index in [1.165, 1.54) is 12.5 Å². The van der Waals surface area contributed by atoms with E-state index in [-0.39, 0.29) is 23.0 Å². The van der Waals surface area contributed by atoms with Crippen molar-refractivity contribution in [2.24, 2.45) is 17.3 Å². The maximum atomic E-state index is 12.4. The molecule has 2 rings (SSSR count). The highest BCUT2D eigenvalue weighted by molar-refractivity contribution is 5.98. The zero-order chi connectivity index (χ0) is 15.8. The van der Waals surface area contributed by atoms with Crippen LogP contribution < -0.4 is 5.32 Å². The molecule has 1 fully saturated rings. The zero-order valence-electron chi connectivity index (χ0n) is 13.4. The maximum Gasteiger partial charge on any atom is 0.228 e. The molecule has 0 saturated heterocycles. The Morgan fingerprint density at radius 3 is 2.43 bits per heavy atom. The monoisotopic (exact) mass is 285 g/mol. The number of nitrogens with one attached hydrogen (secondary N) is 1. The first-order chi connectivity index (χ1) is 9.73. The number of amides is 1. The van der Waals surface area contributed by atoms with Crippen LogP contribution >= 0.6 is 0 Å². The molecule has 21 heavy (non-hydrogen) atoms. The van der Waals surface area contributed by atoms with Crippen LogP contribution in [0.1, 0.15) is 45.0 Å². The second-order valence-corrected chi connectivity index (χ2v) is 6.70. The zero-order valence-corrected chi connectivity index (χ0v) is 13.4. The SMILES string of the molecule is CC(=O)c1cccc(NC(=O)C2C(C=C(C)C)C2(C)C)c1. The van der Waals surface area contributed by atoms with Gasteiger partial charge in [0.1, 0.15) is 0 Å². The van der Waals surface area contributed by atoms with Crippen molar-refractivity contribution in [2.75, 3.05) is 5.32 Å². The van der Waals surface area contributed by atoms with Crippen molar-refractivity contribution < 1.29 is 9.59 Å². The lowest BCUT2D eigenvalue weighted by molar-refractivity contribution is -0.118. The van der Waals surface area contributed by atoms with Crippen LogP contribution in [0, 0.1) is 17.3 Å². The first kappa shape index (κ1) is 15.5. The minimum absolute atomic E-state index is 0.000249. The fraction of sp³-hybridized carbons (Fsp3) is 0.444. The van der Waals surface area contributed by atoms with Gasteiger partial charge in [0.25, 0.3) is 0 Å². The molecule has 1 aliphatic carbocycles. The summed E-state index contributed by atoms with van der Waals surface area (Å²) in [6.07, 6.45) is 2.18. The van der Waals surface area contributed by atoms with E-state index in [1.807, 2.05) is 6.07 Å². The van der Waals surface area contributed by atoms with E-state index in [9.17, 15) is 9.59 Å². The molecule has 3 heteroatoms. The number of allylic oxidation sites excluding steroid dienone is 2. The number of ketones is 1. The van der Waals surface area contributed by atoms with E-state index >= 15 is 0 Å². The summed E-state index contributed by atoms with van der Waals surface area (Å²) >= 11 is 0. The highest BCUT2D eigenvalue weighted by Crippen LogP contribution is 2.59. The average Bonchev–Trinajstić information content (AvgIpc) is 2.90. The van der Waals surface area contributed by atoms with Gasteiger partial charge >= 0.3 is 0 Å². The van der Waals surface area contributed by atoms with Gasteiger partial charge in [-0.2, -0.15) is 0 Å². The van der Waals surface area contributed by atoms with Crippen molar-refractivity contribution in [1.82, 2.24) is 0 Å². The maximum absolute atomic E-state index is 12.4. The Bertz CT molecular complexity index is 609. The van der Waals surface area contributed by atoms with E-state index in [4.69, 9.17) is 0 Å². The molecule has 0 aromatic heterocycles. The molecule has 3 nitrogen and oxygen atoms in total. The van der Waals surface area contributed by atoms with Crippen molar-refractivity contribution >= 4 is 17.4 Å². The van der Waals surface area contributed by atoms with Gasteiger partial charge in [0, 0.05) is 11.3 Å². The molecule has 2 unspecified atom stereocenters. The summed E-state index contributed by atoms with van der Waals surface area (Å²) in [6, 6.07) is 7.09. The number of anilines is 1. The van der Waals surface area contributed by atoms with Crippen LogP contribution in [-0.2, 0) is 4.79 Å². The number of hydrogen-bond donors (Lipinski definition) is 1. The summed E-state index contributed by atoms with van der Waals surface area (Å²) in [6.45, 7) is 9.87. The Hall–Kier alpha value is -1.90. The number of carbonyl (C=O) groups excluding carboxylic acids is 2. The molecule has 0 bridgehead atoms. The molecular weight excluding hydrogens is 262 g/mol. The number of rotatable bonds is 4. The lowest BCUT2D eigenvalue weighted by Crippen LogP contribution is -2.17. The number of benzene rings is 1. The predicted octanol–water partition coefficient (Wildman–Crippen LogP) is 4.07. The van der Waals surface area contributed by atoms with E-state index in [2.05, 4.69) is 39.1 Å². The van der Waals surface area contributed by atoms with Gasteiger partial charge in [-0.3, -0.25) is 9.59 Å². The smallest absolute Gasteiger partial charge is 0.228 e. The summed E-state index contributed by atoms with van der Waals surface area (Å²) in [5.41, 5.74) is 2.54. The van der Waals surface area contributed by atoms with Crippen molar-refractivity contribution in [3.05, 3.63) is 41.5 Å². The van der Waals surface area contributed by atoms with Gasteiger partial charge in [-0.1, -0.05) is 37.6 Å². The molecule has 0 heterocycles. The van der Waals surface area contributed by atoms with E-state index in [1.54, 1.807) is 18.2 Å². The van der Waals surface area contributed by atoms with Crippen molar-refractivity contribution in [1.29, 1.82) is 0 Å². The van der Waals surface area contributed by atoms with Crippen LogP contribution in [0.3, 0.4) is 0 Å². The summed E-state index contributed by atoms with van der Waals surface area (Å²) < 4.78 is 0. The molecule has 0 aliphatic heterocycles. The molecule has 0 spiro atoms. The molecular formula is C18H23NO2. The molecule has 112 valence electrons. The highest BCUT2D eigenvalue weighted by atomic mass is 16.2. The standard InChI is InChI=1S/C18H23NO2/c1-11(2)9-15-16(18(15,4)5)17(21)19-14-8-6-7-13(10-14)12(3)20/h6-10,15-16H,1-5H3,(H,19,21). The summed E-state index contributed by atoms with van der Waals surface area (Å²) in [7, 11) is 0. The third kappa shape index (κ3) is 3.23. The molecule has 1 amide bonds. The van der Waals surface area contributed by atoms with Crippen LogP contribution in [0.15, 0.2) is 35.9 Å². The van der Waals surface area contributed by atoms with Gasteiger partial charge < -0.3 is 5.32 Å². The Morgan fingerprint density at radius 1 is 1.19 bits per heavy atom. The van der Waals surface area contributed by atoms with Crippen LogP contribution in [0.2, 0.25) is 0 Å². The third-order valence-electron chi connectivity index (χ3n) is 4.24. The van der Waals surface area contributed by atoms with Crippen LogP contribution in [0.4, 0.5) is 5.69 Å². The molecule has 1 N–H and O–H groups in total. The van der Waals surface area contributed by atoms with Gasteiger partial charge in [0.05, 0.1) is 5.92 Å². The quantitative estimate of drug-likeness (QED) is 0.669. The normalized spacial score (nSPS) is 22.3. The lowest BCUT2D eigenvalue weighted by atomic mass is 10.1. The molecule has 1 aromatic rings. The van der Waals surface area contributed by atoms with E-state index < -0.39 is 0 Å². The first-order valence-electron chi connectivity index (χ1n) is 7.30. The highest BCUT2D eigenvalue weighted by Gasteiger charge is 2.60. The Labute approximate surface area is 126 Å². The summed E-state index contributed by atoms with van der Waals surface area (Å²) in [4.78, 5) is 23.8. The van der Waals surface area contributed by atoms with Gasteiger partial charge in [0.2, 0.25) is 5.91 Å². The van der Waals surface area contributed by atoms with E-state index in [0.717, 1.165) is 0 Å². The largest absolute Gasteiger partial charge is 0.326 e. The Balaban J connectivity index is 2.11. The van der Waals surface area contributed by atoms with Gasteiger partial charge in [-0.25, -0.2) is 0 Å². The van der Waals surface area contributed by atoms with E-state index in [0.29, 0.717) is 17.2 Å². The second-order valence-electron chi connectivity index (χ2n) is 6.70. The van der Waals surface area contributed by atoms with Crippen LogP contribution in [0.25, 0.3) is 0 Å². The summed E-state index contributed by atoms with van der Waals surface area (Å²) in [5.74, 6) is 0.315. The van der Waals surface area contributed by atoms with Crippen molar-refractivity contribution in [3.63, 3.8) is 0 Å². The van der Waals surface area contributed by atoms with Gasteiger partial charge in [-0.05, 0) is 44.2 Å². The first-order valence-corrected chi connectivity index (χ1v) is 7.30. The lowest BCUT2D eigenvalue weighted by Gasteiger charge is -2.07. The fourth-order valence-electron chi connectivity index (χ4n) is 2.88. The second kappa shape index (κ2) is 5.47. The molecule has 1 aliphatic rings. The Morgan fingerprint density at radius 2 is 1.86 bits per heavy atom. The topological polar surface area (TPSA) is 46.2 Å². The minimum Gasteiger partial charge on any atom is -0.326 e. The molecule has 1 saturated carbocycles. The van der Waals surface area contributed by atoms with Crippen LogP contribution in [-0.4, -0.2) is 11.7 Å². The average molecular weight is 285 g/mol. The predicted molar refractivity (Wildman–Crippen MR) is 85.3 cm³/mol. The number of hydrogen-bond acceptors (Lipinski definition) is 2. The molecule has 2 atom stereocenters. The van der Waals surface area contributed by atoms with Crippen LogP contribution in [0.5, 0.6) is 0 Å². The molecule has 0 radical (unpaired) electrons. The van der Waals surface area contributed by atoms with Crippen molar-refractivity contribution in [3.8, 4) is 0 Å². The Kier molecular flexibility index (Phi) is 4.04. The molecule has 1 aromatic carbocycles. The summed E-state index contributed by atoms with van der Waals surface area (Å²) in [5, 5.41) is 2.94. The minimum atomic E-state index is -0.00613. The van der Waals surface area contributed by atoms with Gasteiger partial charge in [0.15, 0.2) is 5.78 Å². The van der Waals surface area contributed by atoms with Crippen molar-refractivity contribution in [2.45, 2.75) is 34.6 Å². The van der Waals surface area contributed by atoms with Gasteiger partial charge in [-0.15, -0.1) is 0 Å².